The van der Waals surface area contributed by atoms with Gasteiger partial charge in [0.2, 0.25) is 11.8 Å². The minimum absolute atomic E-state index is 0.280. The smallest absolute Gasteiger partial charge is 0.326 e. The maximum Gasteiger partial charge on any atom is 0.326 e. The van der Waals surface area contributed by atoms with E-state index >= 15 is 0 Å². The largest absolute Gasteiger partial charge is 0.456 e. The molecule has 6 heteroatoms. The number of esters is 1. The van der Waals surface area contributed by atoms with Crippen molar-refractivity contribution < 1.29 is 23.9 Å². The number of hydrogen-bond acceptors (Lipinski definition) is 5. The zero-order valence-corrected chi connectivity index (χ0v) is 14.9. The molecule has 6 nitrogen and oxygen atoms in total. The summed E-state index contributed by atoms with van der Waals surface area (Å²) in [5, 5.41) is 0. The summed E-state index contributed by atoms with van der Waals surface area (Å²) in [6.45, 7) is 1.22. The van der Waals surface area contributed by atoms with Crippen LogP contribution in [0.25, 0.3) is 0 Å². The van der Waals surface area contributed by atoms with E-state index in [0.29, 0.717) is 18.4 Å². The molecule has 0 radical (unpaired) electrons. The molecule has 0 unspecified atom stereocenters. The first-order valence-electron chi connectivity index (χ1n) is 9.14. The fourth-order valence-corrected chi connectivity index (χ4v) is 3.72. The second-order valence-electron chi connectivity index (χ2n) is 6.89. The molecule has 0 spiro atoms. The lowest BCUT2D eigenvalue weighted by atomic mass is 9.81. The minimum atomic E-state index is -0.733. The molecule has 1 aliphatic heterocycles. The maximum atomic E-state index is 12.3. The summed E-state index contributed by atoms with van der Waals surface area (Å²) >= 11 is 0. The van der Waals surface area contributed by atoms with Gasteiger partial charge in [-0.1, -0.05) is 44.0 Å². The topological polar surface area (TPSA) is 80.8 Å². The van der Waals surface area contributed by atoms with Crippen LogP contribution in [0, 0.1) is 11.8 Å². The number of rotatable bonds is 6. The highest BCUT2D eigenvalue weighted by Crippen LogP contribution is 2.37. The molecule has 0 aromatic heterocycles. The lowest BCUT2D eigenvalue weighted by molar-refractivity contribution is -0.152. The van der Waals surface area contributed by atoms with Crippen LogP contribution < -0.4 is 0 Å². The van der Waals surface area contributed by atoms with Crippen molar-refractivity contribution >= 4 is 23.6 Å². The first-order chi connectivity index (χ1) is 12.5. The number of carbonyl (C=O) groups is 4. The van der Waals surface area contributed by atoms with E-state index in [2.05, 4.69) is 0 Å². The van der Waals surface area contributed by atoms with Gasteiger partial charge in [-0.2, -0.15) is 0 Å². The molecule has 1 heterocycles. The van der Waals surface area contributed by atoms with Gasteiger partial charge in [-0.05, 0) is 24.8 Å². The van der Waals surface area contributed by atoms with Crippen LogP contribution in [0.2, 0.25) is 0 Å². The first kappa shape index (κ1) is 18.3. The molecule has 0 bridgehead atoms. The Kier molecular flexibility index (Phi) is 5.49. The molecular formula is C20H23NO5. The van der Waals surface area contributed by atoms with E-state index in [1.54, 1.807) is 12.1 Å². The van der Waals surface area contributed by atoms with E-state index in [1.807, 2.05) is 19.1 Å². The Balaban J connectivity index is 1.53. The Labute approximate surface area is 152 Å². The number of likely N-dealkylation sites (tertiary alicyclic amines) is 1. The summed E-state index contributed by atoms with van der Waals surface area (Å²) in [7, 11) is 0. The molecule has 1 aliphatic carbocycles. The lowest BCUT2D eigenvalue weighted by Gasteiger charge is -2.19. The number of amides is 2. The van der Waals surface area contributed by atoms with E-state index in [0.717, 1.165) is 29.7 Å². The fourth-order valence-electron chi connectivity index (χ4n) is 3.72. The summed E-state index contributed by atoms with van der Waals surface area (Å²) < 4.78 is 4.99. The summed E-state index contributed by atoms with van der Waals surface area (Å²) in [4.78, 5) is 49.8. The molecule has 138 valence electrons. The van der Waals surface area contributed by atoms with Gasteiger partial charge in [0.25, 0.3) is 0 Å². The highest BCUT2D eigenvalue weighted by Gasteiger charge is 2.48. The Morgan fingerprint density at radius 3 is 2.15 bits per heavy atom. The van der Waals surface area contributed by atoms with E-state index in [4.69, 9.17) is 4.74 Å². The SMILES string of the molecule is CCc1ccc(C(=O)COC(=O)CN2C(=O)[C@H]3CCCC[C@H]3C2=O)cc1. The van der Waals surface area contributed by atoms with E-state index in [-0.39, 0.29) is 29.4 Å². The number of benzene rings is 1. The van der Waals surface area contributed by atoms with Crippen LogP contribution in [-0.4, -0.2) is 41.6 Å². The molecule has 2 fully saturated rings. The number of Topliss-reactive ketones (excluding diaryl/α,β-unsaturated/α-hetero) is 1. The Morgan fingerprint density at radius 2 is 1.62 bits per heavy atom. The molecular weight excluding hydrogens is 334 g/mol. The number of fused-ring (bicyclic) bond motifs is 1. The maximum absolute atomic E-state index is 12.3. The normalized spacial score (nSPS) is 22.3. The molecule has 1 aromatic carbocycles. The van der Waals surface area contributed by atoms with Gasteiger partial charge in [-0.25, -0.2) is 0 Å². The average molecular weight is 357 g/mol. The minimum Gasteiger partial charge on any atom is -0.456 e. The molecule has 1 saturated heterocycles. The number of imide groups is 1. The molecule has 0 N–H and O–H groups in total. The van der Waals surface area contributed by atoms with Gasteiger partial charge in [0.1, 0.15) is 6.54 Å². The van der Waals surface area contributed by atoms with Crippen LogP contribution >= 0.6 is 0 Å². The van der Waals surface area contributed by atoms with Crippen LogP contribution in [0.5, 0.6) is 0 Å². The number of ether oxygens (including phenoxy) is 1. The van der Waals surface area contributed by atoms with Crippen molar-refractivity contribution in [3.05, 3.63) is 35.4 Å². The molecule has 2 atom stereocenters. The van der Waals surface area contributed by atoms with Gasteiger partial charge in [0.05, 0.1) is 11.8 Å². The monoisotopic (exact) mass is 357 g/mol. The molecule has 2 aliphatic rings. The number of carbonyl (C=O) groups excluding carboxylic acids is 4. The third-order valence-electron chi connectivity index (χ3n) is 5.27. The van der Waals surface area contributed by atoms with Crippen molar-refractivity contribution in [1.29, 1.82) is 0 Å². The zero-order valence-electron chi connectivity index (χ0n) is 14.9. The average Bonchev–Trinajstić information content (AvgIpc) is 2.91. The molecule has 2 amide bonds. The van der Waals surface area contributed by atoms with Gasteiger partial charge in [0.15, 0.2) is 12.4 Å². The van der Waals surface area contributed by atoms with Gasteiger partial charge < -0.3 is 4.74 Å². The standard InChI is InChI=1S/C20H23NO5/c1-2-13-7-9-14(10-8-13)17(22)12-26-18(23)11-21-19(24)15-5-3-4-6-16(15)20(21)25/h7-10,15-16H,2-6,11-12H2,1H3/t15-,16+. The predicted octanol–water partition coefficient (Wildman–Crippen LogP) is 2.15. The summed E-state index contributed by atoms with van der Waals surface area (Å²) in [6.07, 6.45) is 4.15. The van der Waals surface area contributed by atoms with E-state index in [9.17, 15) is 19.2 Å². The Hall–Kier alpha value is -2.50. The number of hydrogen-bond donors (Lipinski definition) is 0. The molecule has 26 heavy (non-hydrogen) atoms. The highest BCUT2D eigenvalue weighted by atomic mass is 16.5. The van der Waals surface area contributed by atoms with Gasteiger partial charge in [-0.3, -0.25) is 24.1 Å². The van der Waals surface area contributed by atoms with Crippen molar-refractivity contribution in [2.75, 3.05) is 13.2 Å². The van der Waals surface area contributed by atoms with Gasteiger partial charge >= 0.3 is 5.97 Å². The van der Waals surface area contributed by atoms with Crippen molar-refractivity contribution in [3.8, 4) is 0 Å². The van der Waals surface area contributed by atoms with Crippen molar-refractivity contribution in [2.45, 2.75) is 39.0 Å². The molecule has 1 saturated carbocycles. The summed E-state index contributed by atoms with van der Waals surface area (Å²) in [6, 6.07) is 7.12. The van der Waals surface area contributed by atoms with Crippen LogP contribution in [0.4, 0.5) is 0 Å². The Bertz CT molecular complexity index is 700. The summed E-state index contributed by atoms with van der Waals surface area (Å²) in [5.41, 5.74) is 1.58. The fraction of sp³-hybridized carbons (Fsp3) is 0.500. The number of ketones is 1. The second-order valence-corrected chi connectivity index (χ2v) is 6.89. The summed E-state index contributed by atoms with van der Waals surface area (Å²) in [5.74, 6) is -2.18. The van der Waals surface area contributed by atoms with E-state index in [1.165, 1.54) is 0 Å². The quantitative estimate of drug-likeness (QED) is 0.443. The third kappa shape index (κ3) is 3.69. The number of aryl methyl sites for hydroxylation is 1. The third-order valence-corrected chi connectivity index (χ3v) is 5.27. The van der Waals surface area contributed by atoms with Crippen molar-refractivity contribution in [2.24, 2.45) is 11.8 Å². The first-order valence-corrected chi connectivity index (χ1v) is 9.14. The Morgan fingerprint density at radius 1 is 1.04 bits per heavy atom. The van der Waals surface area contributed by atoms with Crippen molar-refractivity contribution in [1.82, 2.24) is 4.90 Å². The predicted molar refractivity (Wildman–Crippen MR) is 93.3 cm³/mol. The van der Waals surface area contributed by atoms with Crippen molar-refractivity contribution in [3.63, 3.8) is 0 Å². The molecule has 3 rings (SSSR count). The lowest BCUT2D eigenvalue weighted by Crippen LogP contribution is -2.37. The van der Waals surface area contributed by atoms with Crippen LogP contribution in [0.1, 0.15) is 48.5 Å². The van der Waals surface area contributed by atoms with Gasteiger partial charge in [-0.15, -0.1) is 0 Å². The molecule has 1 aromatic rings. The zero-order chi connectivity index (χ0) is 18.7. The van der Waals surface area contributed by atoms with Crippen LogP contribution in [0.3, 0.4) is 0 Å². The van der Waals surface area contributed by atoms with Gasteiger partial charge in [0, 0.05) is 5.56 Å². The second kappa shape index (κ2) is 7.81. The highest BCUT2D eigenvalue weighted by molar-refractivity contribution is 6.07. The van der Waals surface area contributed by atoms with E-state index < -0.39 is 19.1 Å². The van der Waals surface area contributed by atoms with Crippen LogP contribution in [-0.2, 0) is 25.5 Å². The van der Waals surface area contributed by atoms with Crippen LogP contribution in [0.15, 0.2) is 24.3 Å². The number of nitrogens with zero attached hydrogens (tertiary/aromatic N) is 1.